The summed E-state index contributed by atoms with van der Waals surface area (Å²) in [6.45, 7) is 4.24. The summed E-state index contributed by atoms with van der Waals surface area (Å²) in [5.74, 6) is 0.553. The quantitative estimate of drug-likeness (QED) is 0.862. The average Bonchev–Trinajstić information content (AvgIpc) is 2.89. The number of ether oxygens (including phenoxy) is 1. The van der Waals surface area contributed by atoms with E-state index in [-0.39, 0.29) is 19.1 Å². The van der Waals surface area contributed by atoms with Crippen molar-refractivity contribution in [3.05, 3.63) is 51.7 Å². The van der Waals surface area contributed by atoms with Crippen LogP contribution in [0.5, 0.6) is 5.75 Å². The van der Waals surface area contributed by atoms with Crippen molar-refractivity contribution in [2.75, 3.05) is 13.2 Å². The van der Waals surface area contributed by atoms with Crippen molar-refractivity contribution in [1.29, 1.82) is 0 Å². The Hall–Kier alpha value is -1.85. The van der Waals surface area contributed by atoms with Gasteiger partial charge in [-0.1, -0.05) is 12.1 Å². The van der Waals surface area contributed by atoms with Crippen LogP contribution in [0.4, 0.5) is 0 Å². The molecule has 21 heavy (non-hydrogen) atoms. The van der Waals surface area contributed by atoms with Gasteiger partial charge < -0.3 is 15.2 Å². The van der Waals surface area contributed by atoms with Crippen LogP contribution in [0.3, 0.4) is 0 Å². The Balaban J connectivity index is 1.74. The second-order valence-electron chi connectivity index (χ2n) is 4.90. The van der Waals surface area contributed by atoms with Crippen molar-refractivity contribution in [3.63, 3.8) is 0 Å². The summed E-state index contributed by atoms with van der Waals surface area (Å²) in [7, 11) is 0. The number of aryl methyl sites for hydroxylation is 2. The predicted octanol–water partition coefficient (Wildman–Crippen LogP) is 2.53. The first kappa shape index (κ1) is 15.5. The number of aliphatic hydroxyl groups is 1. The Kier molecular flexibility index (Phi) is 5.36. The molecular weight excluding hydrogens is 286 g/mol. The highest BCUT2D eigenvalue weighted by atomic mass is 32.1. The van der Waals surface area contributed by atoms with Gasteiger partial charge in [0.1, 0.15) is 18.5 Å². The summed E-state index contributed by atoms with van der Waals surface area (Å²) in [5, 5.41) is 12.5. The topological polar surface area (TPSA) is 58.6 Å². The van der Waals surface area contributed by atoms with E-state index in [0.29, 0.717) is 10.6 Å². The highest BCUT2D eigenvalue weighted by Crippen LogP contribution is 2.15. The third-order valence-corrected chi connectivity index (χ3v) is 3.89. The molecule has 2 aromatic rings. The van der Waals surface area contributed by atoms with Crippen LogP contribution in [-0.2, 0) is 0 Å². The molecule has 112 valence electrons. The Labute approximate surface area is 128 Å². The van der Waals surface area contributed by atoms with Gasteiger partial charge in [-0.2, -0.15) is 0 Å². The summed E-state index contributed by atoms with van der Waals surface area (Å²) in [6.07, 6.45) is -0.740. The maximum atomic E-state index is 11.8. The number of aliphatic hydroxyl groups excluding tert-OH is 1. The van der Waals surface area contributed by atoms with Crippen molar-refractivity contribution in [3.8, 4) is 5.75 Å². The second kappa shape index (κ2) is 7.24. The Morgan fingerprint density at radius 2 is 2.14 bits per heavy atom. The third kappa shape index (κ3) is 4.88. The number of thiophene rings is 1. The molecule has 0 saturated heterocycles. The zero-order valence-corrected chi connectivity index (χ0v) is 12.9. The monoisotopic (exact) mass is 305 g/mol. The Morgan fingerprint density at radius 1 is 1.33 bits per heavy atom. The van der Waals surface area contributed by atoms with Gasteiger partial charge in [0.25, 0.3) is 5.91 Å². The number of nitrogens with one attached hydrogen (secondary N) is 1. The summed E-state index contributed by atoms with van der Waals surface area (Å²) in [4.78, 5) is 13.6. The zero-order valence-electron chi connectivity index (χ0n) is 12.1. The van der Waals surface area contributed by atoms with E-state index in [1.54, 1.807) is 6.07 Å². The standard InChI is InChI=1S/C16H19NO3S/c1-11-4-3-5-14(8-11)20-10-13(18)9-17-16(19)15-7-6-12(2)21-15/h3-8,13,18H,9-10H2,1-2H3,(H,17,19). The van der Waals surface area contributed by atoms with Crippen LogP contribution >= 0.6 is 11.3 Å². The smallest absolute Gasteiger partial charge is 0.261 e. The van der Waals surface area contributed by atoms with Crippen LogP contribution in [0.1, 0.15) is 20.1 Å². The third-order valence-electron chi connectivity index (χ3n) is 2.89. The molecule has 0 bridgehead atoms. The van der Waals surface area contributed by atoms with Gasteiger partial charge in [-0.05, 0) is 43.7 Å². The molecule has 1 aromatic carbocycles. The van der Waals surface area contributed by atoms with Crippen LogP contribution in [0.2, 0.25) is 0 Å². The molecular formula is C16H19NO3S. The van der Waals surface area contributed by atoms with E-state index in [1.165, 1.54) is 11.3 Å². The van der Waals surface area contributed by atoms with Crippen molar-refractivity contribution >= 4 is 17.2 Å². The lowest BCUT2D eigenvalue weighted by molar-refractivity contribution is 0.0847. The number of carbonyl (C=O) groups excluding carboxylic acids is 1. The van der Waals surface area contributed by atoms with Crippen molar-refractivity contribution < 1.29 is 14.6 Å². The number of hydrogen-bond donors (Lipinski definition) is 2. The van der Waals surface area contributed by atoms with Gasteiger partial charge >= 0.3 is 0 Å². The summed E-state index contributed by atoms with van der Waals surface area (Å²) in [5.41, 5.74) is 1.10. The lowest BCUT2D eigenvalue weighted by Crippen LogP contribution is -2.34. The lowest BCUT2D eigenvalue weighted by Gasteiger charge is -2.13. The number of hydrogen-bond acceptors (Lipinski definition) is 4. The van der Waals surface area contributed by atoms with E-state index in [0.717, 1.165) is 10.4 Å². The fourth-order valence-corrected chi connectivity index (χ4v) is 2.59. The van der Waals surface area contributed by atoms with Gasteiger partial charge in [-0.15, -0.1) is 11.3 Å². The van der Waals surface area contributed by atoms with Gasteiger partial charge in [-0.3, -0.25) is 4.79 Å². The molecule has 5 heteroatoms. The first-order valence-corrected chi connectivity index (χ1v) is 7.58. The summed E-state index contributed by atoms with van der Waals surface area (Å²) < 4.78 is 5.49. The van der Waals surface area contributed by atoms with Crippen LogP contribution in [0.25, 0.3) is 0 Å². The minimum Gasteiger partial charge on any atom is -0.491 e. The van der Waals surface area contributed by atoms with Crippen LogP contribution in [0.15, 0.2) is 36.4 Å². The zero-order chi connectivity index (χ0) is 15.2. The summed E-state index contributed by atoms with van der Waals surface area (Å²) in [6, 6.07) is 11.3. The van der Waals surface area contributed by atoms with Crippen molar-refractivity contribution in [2.24, 2.45) is 0 Å². The van der Waals surface area contributed by atoms with Gasteiger partial charge in [0.05, 0.1) is 4.88 Å². The molecule has 1 aromatic heterocycles. The van der Waals surface area contributed by atoms with Gasteiger partial charge in [-0.25, -0.2) is 0 Å². The van der Waals surface area contributed by atoms with E-state index in [2.05, 4.69) is 5.32 Å². The molecule has 0 radical (unpaired) electrons. The molecule has 4 nitrogen and oxygen atoms in total. The van der Waals surface area contributed by atoms with Crippen LogP contribution in [-0.4, -0.2) is 30.3 Å². The van der Waals surface area contributed by atoms with Crippen molar-refractivity contribution in [2.45, 2.75) is 20.0 Å². The Bertz CT molecular complexity index is 609. The molecule has 1 amide bonds. The molecule has 2 rings (SSSR count). The van der Waals surface area contributed by atoms with Crippen LogP contribution in [0, 0.1) is 13.8 Å². The first-order chi connectivity index (χ1) is 10.0. The minimum absolute atomic E-state index is 0.146. The van der Waals surface area contributed by atoms with Crippen molar-refractivity contribution in [1.82, 2.24) is 5.32 Å². The van der Waals surface area contributed by atoms with E-state index in [4.69, 9.17) is 4.74 Å². The largest absolute Gasteiger partial charge is 0.491 e. The molecule has 0 aliphatic heterocycles. The van der Waals surface area contributed by atoms with Crippen LogP contribution < -0.4 is 10.1 Å². The van der Waals surface area contributed by atoms with E-state index in [9.17, 15) is 9.90 Å². The normalized spacial score (nSPS) is 12.0. The molecule has 0 aliphatic carbocycles. The van der Waals surface area contributed by atoms with E-state index >= 15 is 0 Å². The molecule has 1 heterocycles. The van der Waals surface area contributed by atoms with Gasteiger partial charge in [0.2, 0.25) is 0 Å². The molecule has 0 saturated carbocycles. The Morgan fingerprint density at radius 3 is 2.81 bits per heavy atom. The summed E-state index contributed by atoms with van der Waals surface area (Å²) >= 11 is 1.43. The maximum Gasteiger partial charge on any atom is 0.261 e. The lowest BCUT2D eigenvalue weighted by atomic mass is 10.2. The number of rotatable bonds is 6. The predicted molar refractivity (Wildman–Crippen MR) is 84.1 cm³/mol. The maximum absolute atomic E-state index is 11.8. The highest BCUT2D eigenvalue weighted by molar-refractivity contribution is 7.13. The van der Waals surface area contributed by atoms with Gasteiger partial charge in [0, 0.05) is 11.4 Å². The fourth-order valence-electron chi connectivity index (χ4n) is 1.81. The van der Waals surface area contributed by atoms with E-state index in [1.807, 2.05) is 44.2 Å². The number of amides is 1. The molecule has 1 unspecified atom stereocenters. The average molecular weight is 305 g/mol. The molecule has 0 aliphatic rings. The second-order valence-corrected chi connectivity index (χ2v) is 6.19. The number of carbonyl (C=O) groups is 1. The number of benzene rings is 1. The van der Waals surface area contributed by atoms with E-state index < -0.39 is 6.10 Å². The molecule has 0 fully saturated rings. The highest BCUT2D eigenvalue weighted by Gasteiger charge is 2.11. The fraction of sp³-hybridized carbons (Fsp3) is 0.312. The molecule has 2 N–H and O–H groups in total. The molecule has 1 atom stereocenters. The minimum atomic E-state index is -0.740. The SMILES string of the molecule is Cc1cccc(OCC(O)CNC(=O)c2ccc(C)s2)c1. The first-order valence-electron chi connectivity index (χ1n) is 6.77. The van der Waals surface area contributed by atoms with Gasteiger partial charge in [0.15, 0.2) is 0 Å². The molecule has 0 spiro atoms.